The molecule has 2 rings (SSSR count). The van der Waals surface area contributed by atoms with Crippen molar-refractivity contribution in [3.05, 3.63) is 70.3 Å². The lowest BCUT2D eigenvalue weighted by molar-refractivity contribution is 0.437. The number of hydrogen-bond donors (Lipinski definition) is 1. The van der Waals surface area contributed by atoms with Crippen molar-refractivity contribution in [2.45, 2.75) is 13.0 Å². The van der Waals surface area contributed by atoms with E-state index in [9.17, 15) is 17.6 Å². The Morgan fingerprint density at radius 1 is 0.842 bits per heavy atom. The van der Waals surface area contributed by atoms with Crippen molar-refractivity contribution in [1.29, 1.82) is 0 Å². The van der Waals surface area contributed by atoms with Crippen LogP contribution >= 0.6 is 0 Å². The molecule has 2 aromatic rings. The second-order valence-corrected chi connectivity index (χ2v) is 4.22. The van der Waals surface area contributed by atoms with Crippen molar-refractivity contribution >= 4 is 0 Å². The molecule has 0 aliphatic carbocycles. The van der Waals surface area contributed by atoms with Gasteiger partial charge in [0.2, 0.25) is 0 Å². The molecule has 1 unspecified atom stereocenters. The summed E-state index contributed by atoms with van der Waals surface area (Å²) in [6, 6.07) is 5.06. The highest BCUT2D eigenvalue weighted by Crippen LogP contribution is 2.27. The van der Waals surface area contributed by atoms with Crippen LogP contribution in [0.2, 0.25) is 0 Å². The van der Waals surface area contributed by atoms with Gasteiger partial charge < -0.3 is 5.73 Å². The summed E-state index contributed by atoms with van der Waals surface area (Å²) in [5.74, 6) is -4.90. The maximum absolute atomic E-state index is 13.9. The molecule has 2 aromatic carbocycles. The summed E-state index contributed by atoms with van der Waals surface area (Å²) in [5.41, 5.74) is 5.82. The molecule has 0 aliphatic heterocycles. The topological polar surface area (TPSA) is 26.0 Å². The number of nitrogens with two attached hydrogens (primary N) is 1. The Labute approximate surface area is 107 Å². The molecule has 1 atom stereocenters. The summed E-state index contributed by atoms with van der Waals surface area (Å²) in [6.45, 7) is 1.53. The van der Waals surface area contributed by atoms with Gasteiger partial charge in [-0.3, -0.25) is 0 Å². The van der Waals surface area contributed by atoms with E-state index in [0.29, 0.717) is 5.56 Å². The zero-order valence-electron chi connectivity index (χ0n) is 10.1. The van der Waals surface area contributed by atoms with E-state index in [1.54, 1.807) is 6.07 Å². The minimum absolute atomic E-state index is 0.0323. The summed E-state index contributed by atoms with van der Waals surface area (Å²) in [6.07, 6.45) is 0. The SMILES string of the molecule is Cc1cccc(C(N)c2ccc(F)c(F)c2F)c1F. The Morgan fingerprint density at radius 2 is 1.47 bits per heavy atom. The van der Waals surface area contributed by atoms with Gasteiger partial charge in [0, 0.05) is 11.1 Å². The molecule has 0 aromatic heterocycles. The molecule has 0 spiro atoms. The maximum Gasteiger partial charge on any atom is 0.194 e. The molecule has 100 valence electrons. The summed E-state index contributed by atoms with van der Waals surface area (Å²) in [5, 5.41) is 0. The van der Waals surface area contributed by atoms with Crippen LogP contribution in [0.15, 0.2) is 30.3 Å². The zero-order valence-corrected chi connectivity index (χ0v) is 10.1. The minimum Gasteiger partial charge on any atom is -0.320 e. The number of rotatable bonds is 2. The van der Waals surface area contributed by atoms with E-state index < -0.39 is 29.3 Å². The lowest BCUT2D eigenvalue weighted by Crippen LogP contribution is -2.17. The standard InChI is InChI=1S/C14H11F4N/c1-7-3-2-4-8(11(7)16)14(19)9-5-6-10(15)13(18)12(9)17/h2-6,14H,19H2,1H3. The summed E-state index contributed by atoms with van der Waals surface area (Å²) in [4.78, 5) is 0. The third-order valence-electron chi connectivity index (χ3n) is 2.96. The lowest BCUT2D eigenvalue weighted by Gasteiger charge is -2.15. The van der Waals surface area contributed by atoms with Crippen LogP contribution in [0, 0.1) is 30.2 Å². The van der Waals surface area contributed by atoms with Crippen molar-refractivity contribution in [2.75, 3.05) is 0 Å². The van der Waals surface area contributed by atoms with Crippen molar-refractivity contribution in [3.8, 4) is 0 Å². The van der Waals surface area contributed by atoms with Crippen LogP contribution < -0.4 is 5.73 Å². The molecule has 0 aliphatic rings. The van der Waals surface area contributed by atoms with Crippen LogP contribution in [-0.2, 0) is 0 Å². The first-order chi connectivity index (χ1) is 8.93. The molecule has 1 nitrogen and oxygen atoms in total. The summed E-state index contributed by atoms with van der Waals surface area (Å²) in [7, 11) is 0. The van der Waals surface area contributed by atoms with Crippen molar-refractivity contribution in [2.24, 2.45) is 5.73 Å². The van der Waals surface area contributed by atoms with Gasteiger partial charge in [0.1, 0.15) is 5.82 Å². The van der Waals surface area contributed by atoms with E-state index in [0.717, 1.165) is 12.1 Å². The number of aryl methyl sites for hydroxylation is 1. The average Bonchev–Trinajstić information content (AvgIpc) is 2.39. The molecule has 0 saturated heterocycles. The second kappa shape index (κ2) is 5.01. The normalized spacial score (nSPS) is 12.5. The Hall–Kier alpha value is -1.88. The molecule has 2 N–H and O–H groups in total. The van der Waals surface area contributed by atoms with E-state index in [1.807, 2.05) is 0 Å². The maximum atomic E-state index is 13.9. The van der Waals surface area contributed by atoms with Crippen LogP contribution in [0.1, 0.15) is 22.7 Å². The van der Waals surface area contributed by atoms with Gasteiger partial charge >= 0.3 is 0 Å². The predicted molar refractivity (Wildman–Crippen MR) is 63.5 cm³/mol. The average molecular weight is 269 g/mol. The first-order valence-corrected chi connectivity index (χ1v) is 5.57. The predicted octanol–water partition coefficient (Wildman–Crippen LogP) is 3.60. The van der Waals surface area contributed by atoms with Crippen LogP contribution in [0.4, 0.5) is 17.6 Å². The van der Waals surface area contributed by atoms with Gasteiger partial charge in [-0.25, -0.2) is 17.6 Å². The van der Waals surface area contributed by atoms with Crippen LogP contribution in [0.5, 0.6) is 0 Å². The minimum atomic E-state index is -1.61. The van der Waals surface area contributed by atoms with Gasteiger partial charge in [0.15, 0.2) is 17.5 Å². The highest BCUT2D eigenvalue weighted by Gasteiger charge is 2.21. The van der Waals surface area contributed by atoms with Gasteiger partial charge in [-0.1, -0.05) is 24.3 Å². The molecule has 0 radical (unpaired) electrons. The molecule has 0 fully saturated rings. The molecule has 5 heteroatoms. The van der Waals surface area contributed by atoms with Gasteiger partial charge in [-0.2, -0.15) is 0 Å². The third kappa shape index (κ3) is 2.33. The van der Waals surface area contributed by atoms with Crippen molar-refractivity contribution < 1.29 is 17.6 Å². The number of hydrogen-bond acceptors (Lipinski definition) is 1. The molecule has 0 heterocycles. The van der Waals surface area contributed by atoms with E-state index in [4.69, 9.17) is 5.73 Å². The number of benzene rings is 2. The summed E-state index contributed by atoms with van der Waals surface area (Å²) < 4.78 is 53.5. The molecule has 0 saturated carbocycles. The molecular weight excluding hydrogens is 258 g/mol. The largest absolute Gasteiger partial charge is 0.320 e. The Bertz CT molecular complexity index is 625. The van der Waals surface area contributed by atoms with E-state index in [1.165, 1.54) is 19.1 Å². The van der Waals surface area contributed by atoms with E-state index >= 15 is 0 Å². The molecule has 0 amide bonds. The second-order valence-electron chi connectivity index (χ2n) is 4.22. The quantitative estimate of drug-likeness (QED) is 0.654. The Morgan fingerprint density at radius 3 is 2.16 bits per heavy atom. The first kappa shape index (κ1) is 13.5. The lowest BCUT2D eigenvalue weighted by atomic mass is 9.97. The Balaban J connectivity index is 2.53. The monoisotopic (exact) mass is 269 g/mol. The smallest absolute Gasteiger partial charge is 0.194 e. The molecule has 19 heavy (non-hydrogen) atoms. The fourth-order valence-corrected chi connectivity index (χ4v) is 1.86. The van der Waals surface area contributed by atoms with E-state index in [2.05, 4.69) is 0 Å². The fraction of sp³-hybridized carbons (Fsp3) is 0.143. The van der Waals surface area contributed by atoms with Gasteiger partial charge in [0.05, 0.1) is 6.04 Å². The van der Waals surface area contributed by atoms with Crippen LogP contribution in [-0.4, -0.2) is 0 Å². The molecular formula is C14H11F4N. The first-order valence-electron chi connectivity index (χ1n) is 5.57. The Kier molecular flexibility index (Phi) is 3.57. The van der Waals surface area contributed by atoms with E-state index in [-0.39, 0.29) is 11.1 Å². The van der Waals surface area contributed by atoms with Gasteiger partial charge in [-0.05, 0) is 18.6 Å². The highest BCUT2D eigenvalue weighted by molar-refractivity contribution is 5.36. The molecule has 0 bridgehead atoms. The highest BCUT2D eigenvalue weighted by atomic mass is 19.2. The third-order valence-corrected chi connectivity index (χ3v) is 2.96. The van der Waals surface area contributed by atoms with Gasteiger partial charge in [-0.15, -0.1) is 0 Å². The fourth-order valence-electron chi connectivity index (χ4n) is 1.86. The van der Waals surface area contributed by atoms with Crippen LogP contribution in [0.3, 0.4) is 0 Å². The number of halogens is 4. The van der Waals surface area contributed by atoms with Crippen molar-refractivity contribution in [1.82, 2.24) is 0 Å². The zero-order chi connectivity index (χ0) is 14.2. The van der Waals surface area contributed by atoms with Crippen molar-refractivity contribution in [3.63, 3.8) is 0 Å². The summed E-state index contributed by atoms with van der Waals surface area (Å²) >= 11 is 0. The van der Waals surface area contributed by atoms with Crippen LogP contribution in [0.25, 0.3) is 0 Å². The van der Waals surface area contributed by atoms with Gasteiger partial charge in [0.25, 0.3) is 0 Å².